The molecule has 0 amide bonds. The van der Waals surface area contributed by atoms with E-state index in [1.54, 1.807) is 13.0 Å². The molecule has 4 heterocycles. The summed E-state index contributed by atoms with van der Waals surface area (Å²) in [4.78, 5) is 12.8. The molecule has 2 fully saturated rings. The second-order valence-electron chi connectivity index (χ2n) is 8.53. The first-order valence-electron chi connectivity index (χ1n) is 11.7. The minimum atomic E-state index is -4.20. The predicted octanol–water partition coefficient (Wildman–Crippen LogP) is 6.40. The van der Waals surface area contributed by atoms with Crippen molar-refractivity contribution in [3.63, 3.8) is 0 Å². The third-order valence-corrected chi connectivity index (χ3v) is 5.56. The van der Waals surface area contributed by atoms with Gasteiger partial charge >= 0.3 is 6.18 Å². The number of allylic oxidation sites excluding steroid dienone is 1. The number of ether oxygens (including phenoxy) is 1. The fraction of sp³-hybridized carbons (Fsp3) is 0.520. The number of alkyl halides is 3. The Bertz CT molecular complexity index is 1050. The maximum Gasteiger partial charge on any atom is 0.389 e. The molecule has 184 valence electrons. The van der Waals surface area contributed by atoms with E-state index in [1.165, 1.54) is 38.3 Å². The van der Waals surface area contributed by atoms with Crippen molar-refractivity contribution in [2.45, 2.75) is 71.0 Å². The minimum Gasteiger partial charge on any atom is -0.381 e. The average Bonchev–Trinajstić information content (AvgIpc) is 3.53. The van der Waals surface area contributed by atoms with Crippen LogP contribution in [0.3, 0.4) is 0 Å². The minimum absolute atomic E-state index is 0.190. The first-order valence-corrected chi connectivity index (χ1v) is 11.7. The Morgan fingerprint density at radius 2 is 1.79 bits per heavy atom. The molecule has 0 spiro atoms. The van der Waals surface area contributed by atoms with Gasteiger partial charge in [-0.25, -0.2) is 9.97 Å². The van der Waals surface area contributed by atoms with Crippen molar-refractivity contribution in [3.05, 3.63) is 54.4 Å². The maximum atomic E-state index is 12.3. The van der Waals surface area contributed by atoms with Crippen molar-refractivity contribution in [1.82, 2.24) is 24.7 Å². The normalized spacial score (nSPS) is 15.7. The molecule has 1 saturated heterocycles. The standard InChI is InChI=1S/C14H14F3N3.C6H8N2.C5H10O/c1-8(4-6-14(15,16)17)12-13-11(5-7-18-12)19-9(2)10(3)20-13;1-4-7-8(5-1)6-2-3-6;1-2-4-6-5-3-1/h5,7H,1,4,6H2,2-3H3;1,4-6H,2-3H2;1-5H2. The fourth-order valence-corrected chi connectivity index (χ4v) is 3.35. The van der Waals surface area contributed by atoms with Gasteiger partial charge in [-0.05, 0) is 70.1 Å². The van der Waals surface area contributed by atoms with Crippen molar-refractivity contribution < 1.29 is 17.9 Å². The lowest BCUT2D eigenvalue weighted by Crippen LogP contribution is -2.07. The summed E-state index contributed by atoms with van der Waals surface area (Å²) in [7, 11) is 0. The molecule has 34 heavy (non-hydrogen) atoms. The highest BCUT2D eigenvalue weighted by Gasteiger charge is 2.27. The number of nitrogens with zero attached hydrogens (tertiary/aromatic N) is 5. The van der Waals surface area contributed by atoms with Crippen molar-refractivity contribution in [2.24, 2.45) is 0 Å². The number of fused-ring (bicyclic) bond motifs is 1. The third-order valence-electron chi connectivity index (χ3n) is 5.56. The number of aryl methyl sites for hydroxylation is 2. The van der Waals surface area contributed by atoms with Gasteiger partial charge in [-0.2, -0.15) is 18.3 Å². The number of aromatic nitrogens is 5. The van der Waals surface area contributed by atoms with Crippen LogP contribution in [0.5, 0.6) is 0 Å². The van der Waals surface area contributed by atoms with Crippen molar-refractivity contribution in [1.29, 1.82) is 0 Å². The molecule has 1 saturated carbocycles. The van der Waals surface area contributed by atoms with Crippen molar-refractivity contribution in [3.8, 4) is 0 Å². The van der Waals surface area contributed by atoms with E-state index in [4.69, 9.17) is 4.74 Å². The molecular weight excluding hydrogens is 443 g/mol. The van der Waals surface area contributed by atoms with Gasteiger partial charge in [-0.15, -0.1) is 0 Å². The molecule has 9 heteroatoms. The Morgan fingerprint density at radius 1 is 1.09 bits per heavy atom. The van der Waals surface area contributed by atoms with E-state index in [0.717, 1.165) is 30.6 Å². The predicted molar refractivity (Wildman–Crippen MR) is 126 cm³/mol. The van der Waals surface area contributed by atoms with Crippen LogP contribution in [-0.4, -0.2) is 44.1 Å². The van der Waals surface area contributed by atoms with Gasteiger partial charge in [-0.3, -0.25) is 9.67 Å². The molecule has 0 aromatic carbocycles. The zero-order chi connectivity index (χ0) is 24.6. The van der Waals surface area contributed by atoms with Gasteiger partial charge in [0.2, 0.25) is 0 Å². The molecule has 1 aliphatic carbocycles. The Labute approximate surface area is 198 Å². The maximum absolute atomic E-state index is 12.3. The number of hydrogen-bond donors (Lipinski definition) is 0. The summed E-state index contributed by atoms with van der Waals surface area (Å²) in [5.74, 6) is 0. The molecule has 0 unspecified atom stereocenters. The third kappa shape index (κ3) is 8.20. The highest BCUT2D eigenvalue weighted by molar-refractivity contribution is 5.86. The molecule has 3 aromatic heterocycles. The zero-order valence-corrected chi connectivity index (χ0v) is 19.8. The van der Waals surface area contributed by atoms with E-state index in [0.29, 0.717) is 22.3 Å². The van der Waals surface area contributed by atoms with E-state index in [9.17, 15) is 13.2 Å². The van der Waals surface area contributed by atoms with E-state index < -0.39 is 12.6 Å². The summed E-state index contributed by atoms with van der Waals surface area (Å²) in [5, 5.41) is 4.09. The summed E-state index contributed by atoms with van der Waals surface area (Å²) >= 11 is 0. The molecule has 1 aliphatic heterocycles. The number of rotatable bonds is 4. The van der Waals surface area contributed by atoms with Gasteiger partial charge in [-0.1, -0.05) is 6.58 Å². The molecule has 6 nitrogen and oxygen atoms in total. The lowest BCUT2D eigenvalue weighted by molar-refractivity contribution is -0.133. The number of halogens is 3. The van der Waals surface area contributed by atoms with Gasteiger partial charge in [0.05, 0.1) is 28.6 Å². The fourth-order valence-electron chi connectivity index (χ4n) is 3.35. The van der Waals surface area contributed by atoms with Crippen molar-refractivity contribution >= 4 is 16.6 Å². The molecular formula is C25H32F3N5O. The van der Waals surface area contributed by atoms with E-state index in [1.807, 2.05) is 30.1 Å². The summed E-state index contributed by atoms with van der Waals surface area (Å²) in [6, 6.07) is 4.40. The zero-order valence-electron chi connectivity index (χ0n) is 19.8. The van der Waals surface area contributed by atoms with Gasteiger partial charge in [0, 0.05) is 38.2 Å². The Hall–Kier alpha value is -2.81. The first-order chi connectivity index (χ1) is 16.2. The Morgan fingerprint density at radius 3 is 2.32 bits per heavy atom. The van der Waals surface area contributed by atoms with Crippen LogP contribution in [0.15, 0.2) is 37.3 Å². The lowest BCUT2D eigenvalue weighted by Gasteiger charge is -2.10. The Kier molecular flexibility index (Phi) is 9.15. The molecule has 0 radical (unpaired) electrons. The molecule has 3 aromatic rings. The summed E-state index contributed by atoms with van der Waals surface area (Å²) < 4.78 is 43.9. The monoisotopic (exact) mass is 475 g/mol. The summed E-state index contributed by atoms with van der Waals surface area (Å²) in [6.45, 7) is 9.34. The highest BCUT2D eigenvalue weighted by Crippen LogP contribution is 2.33. The van der Waals surface area contributed by atoms with Crippen molar-refractivity contribution in [2.75, 3.05) is 13.2 Å². The SMILES string of the molecule is C1CCOCC1.C=C(CCC(F)(F)F)c1nccc2nc(C)c(C)nc12.c1cnn(C2CC2)c1. The van der Waals surface area contributed by atoms with Crippen LogP contribution in [0.4, 0.5) is 13.2 Å². The van der Waals surface area contributed by atoms with Gasteiger partial charge in [0.25, 0.3) is 0 Å². The largest absolute Gasteiger partial charge is 0.389 e. The van der Waals surface area contributed by atoms with Crippen LogP contribution in [0, 0.1) is 13.8 Å². The number of pyridine rings is 1. The van der Waals surface area contributed by atoms with E-state index in [-0.39, 0.29) is 6.42 Å². The van der Waals surface area contributed by atoms with Crippen LogP contribution >= 0.6 is 0 Å². The van der Waals surface area contributed by atoms with E-state index >= 15 is 0 Å². The quantitative estimate of drug-likeness (QED) is 0.437. The molecule has 0 atom stereocenters. The van der Waals surface area contributed by atoms with Crippen LogP contribution < -0.4 is 0 Å². The smallest absolute Gasteiger partial charge is 0.381 e. The van der Waals surface area contributed by atoms with Crippen LogP contribution in [0.2, 0.25) is 0 Å². The van der Waals surface area contributed by atoms with Gasteiger partial charge in [0.15, 0.2) is 0 Å². The van der Waals surface area contributed by atoms with Crippen LogP contribution in [-0.2, 0) is 4.74 Å². The highest BCUT2D eigenvalue weighted by atomic mass is 19.4. The molecule has 2 aliphatic rings. The van der Waals surface area contributed by atoms with Crippen LogP contribution in [0.25, 0.3) is 16.6 Å². The van der Waals surface area contributed by atoms with Gasteiger partial charge < -0.3 is 4.74 Å². The number of hydrogen-bond acceptors (Lipinski definition) is 5. The molecule has 0 N–H and O–H groups in total. The summed E-state index contributed by atoms with van der Waals surface area (Å²) in [5.41, 5.74) is 3.35. The average molecular weight is 476 g/mol. The van der Waals surface area contributed by atoms with Gasteiger partial charge in [0.1, 0.15) is 5.52 Å². The first kappa shape index (κ1) is 25.8. The molecule has 0 bridgehead atoms. The lowest BCUT2D eigenvalue weighted by atomic mass is 10.1. The molecule has 5 rings (SSSR count). The Balaban J connectivity index is 0.000000185. The second-order valence-corrected chi connectivity index (χ2v) is 8.53. The van der Waals surface area contributed by atoms with E-state index in [2.05, 4.69) is 26.6 Å². The topological polar surface area (TPSA) is 65.7 Å². The summed E-state index contributed by atoms with van der Waals surface area (Å²) in [6.07, 6.45) is 6.64. The second kappa shape index (κ2) is 12.1. The van der Waals surface area contributed by atoms with Crippen LogP contribution in [0.1, 0.15) is 68.1 Å².